The predicted octanol–water partition coefficient (Wildman–Crippen LogP) is 3.68. The van der Waals surface area contributed by atoms with Crippen molar-refractivity contribution in [1.82, 2.24) is 9.80 Å². The maximum absolute atomic E-state index is 12.7. The van der Waals surface area contributed by atoms with E-state index >= 15 is 0 Å². The lowest BCUT2D eigenvalue weighted by atomic mass is 10.1. The lowest BCUT2D eigenvalue weighted by Gasteiger charge is -2.22. The van der Waals surface area contributed by atoms with Gasteiger partial charge in [-0.2, -0.15) is 0 Å². The number of ether oxygens (including phenoxy) is 1. The highest BCUT2D eigenvalue weighted by molar-refractivity contribution is 6.10. The number of amides is 3. The molecule has 3 amide bonds. The zero-order chi connectivity index (χ0) is 23.6. The first-order valence-electron chi connectivity index (χ1n) is 11.3. The molecule has 0 aliphatic carbocycles. The second-order valence-electron chi connectivity index (χ2n) is 8.50. The standard InChI is InChI=1S/C25H32N4O4/c1-19(2)18-33-25(32)29-14-8-13-28(15-16-29)17-23(30)27-22-12-7-6-11-21(22)24(31)26-20-9-4-3-5-10-20/h3-7,9-12,19H,8,13-18H2,1-2H3,(H,26,31)(H,27,30). The van der Waals surface area contributed by atoms with Crippen LogP contribution in [0, 0.1) is 5.92 Å². The monoisotopic (exact) mass is 452 g/mol. The maximum Gasteiger partial charge on any atom is 0.409 e. The van der Waals surface area contributed by atoms with E-state index in [0.717, 1.165) is 6.42 Å². The summed E-state index contributed by atoms with van der Waals surface area (Å²) in [5, 5.41) is 5.71. The third-order valence-electron chi connectivity index (χ3n) is 5.23. The van der Waals surface area contributed by atoms with Crippen LogP contribution in [0.1, 0.15) is 30.6 Å². The number of carbonyl (C=O) groups is 3. The van der Waals surface area contributed by atoms with Crippen LogP contribution in [-0.4, -0.2) is 67.0 Å². The van der Waals surface area contributed by atoms with Crippen LogP contribution >= 0.6 is 0 Å². The SMILES string of the molecule is CC(C)COC(=O)N1CCCN(CC(=O)Nc2ccccc2C(=O)Nc2ccccc2)CC1. The molecule has 0 aromatic heterocycles. The van der Waals surface area contributed by atoms with Gasteiger partial charge in [-0.3, -0.25) is 14.5 Å². The number of hydrogen-bond acceptors (Lipinski definition) is 5. The van der Waals surface area contributed by atoms with Gasteiger partial charge >= 0.3 is 6.09 Å². The van der Waals surface area contributed by atoms with Crippen molar-refractivity contribution >= 4 is 29.3 Å². The van der Waals surface area contributed by atoms with Crippen molar-refractivity contribution in [3.05, 3.63) is 60.2 Å². The third-order valence-corrected chi connectivity index (χ3v) is 5.23. The van der Waals surface area contributed by atoms with Crippen molar-refractivity contribution < 1.29 is 19.1 Å². The van der Waals surface area contributed by atoms with Crippen LogP contribution in [-0.2, 0) is 9.53 Å². The first kappa shape index (κ1) is 24.3. The average Bonchev–Trinajstić information content (AvgIpc) is 3.04. The van der Waals surface area contributed by atoms with Crippen molar-refractivity contribution in [3.63, 3.8) is 0 Å². The lowest BCUT2D eigenvalue weighted by Crippen LogP contribution is -2.38. The number of rotatable bonds is 7. The van der Waals surface area contributed by atoms with Crippen LogP contribution in [0.5, 0.6) is 0 Å². The number of para-hydroxylation sites is 2. The summed E-state index contributed by atoms with van der Waals surface area (Å²) < 4.78 is 5.32. The largest absolute Gasteiger partial charge is 0.449 e. The molecule has 1 aliphatic rings. The van der Waals surface area contributed by atoms with Crippen molar-refractivity contribution in [2.24, 2.45) is 5.92 Å². The third kappa shape index (κ3) is 7.61. The summed E-state index contributed by atoms with van der Waals surface area (Å²) in [7, 11) is 0. The molecular formula is C25H32N4O4. The van der Waals surface area contributed by atoms with E-state index in [1.165, 1.54) is 0 Å². The highest BCUT2D eigenvalue weighted by atomic mass is 16.6. The summed E-state index contributed by atoms with van der Waals surface area (Å²) in [6, 6.07) is 16.1. The molecule has 0 atom stereocenters. The van der Waals surface area contributed by atoms with Gasteiger partial charge in [0.1, 0.15) is 0 Å². The molecular weight excluding hydrogens is 420 g/mol. The van der Waals surface area contributed by atoms with Crippen molar-refractivity contribution in [2.45, 2.75) is 20.3 Å². The van der Waals surface area contributed by atoms with E-state index in [1.54, 1.807) is 41.3 Å². The number of nitrogens with one attached hydrogen (secondary N) is 2. The molecule has 0 spiro atoms. The van der Waals surface area contributed by atoms with Crippen LogP contribution in [0.25, 0.3) is 0 Å². The number of nitrogens with zero attached hydrogens (tertiary/aromatic N) is 2. The zero-order valence-electron chi connectivity index (χ0n) is 19.3. The molecule has 2 N–H and O–H groups in total. The molecule has 3 rings (SSSR count). The van der Waals surface area contributed by atoms with E-state index in [0.29, 0.717) is 55.6 Å². The minimum Gasteiger partial charge on any atom is -0.449 e. The molecule has 1 fully saturated rings. The number of anilines is 2. The molecule has 8 nitrogen and oxygen atoms in total. The Morgan fingerprint density at radius 3 is 2.39 bits per heavy atom. The molecule has 0 saturated carbocycles. The van der Waals surface area contributed by atoms with Crippen LogP contribution < -0.4 is 10.6 Å². The van der Waals surface area contributed by atoms with Crippen LogP contribution in [0.2, 0.25) is 0 Å². The molecule has 0 unspecified atom stereocenters. The summed E-state index contributed by atoms with van der Waals surface area (Å²) in [5.74, 6) is -0.202. The fraction of sp³-hybridized carbons (Fsp3) is 0.400. The Morgan fingerprint density at radius 2 is 1.64 bits per heavy atom. The first-order chi connectivity index (χ1) is 15.9. The van der Waals surface area contributed by atoms with Gasteiger partial charge in [-0.15, -0.1) is 0 Å². The van der Waals surface area contributed by atoms with Gasteiger partial charge in [0.2, 0.25) is 5.91 Å². The first-order valence-corrected chi connectivity index (χ1v) is 11.3. The van der Waals surface area contributed by atoms with Gasteiger partial charge in [-0.05, 0) is 36.6 Å². The Balaban J connectivity index is 1.54. The molecule has 176 valence electrons. The molecule has 33 heavy (non-hydrogen) atoms. The Bertz CT molecular complexity index is 948. The van der Waals surface area contributed by atoms with Crippen molar-refractivity contribution in [3.8, 4) is 0 Å². The van der Waals surface area contributed by atoms with Gasteiger partial charge in [-0.1, -0.05) is 44.2 Å². The lowest BCUT2D eigenvalue weighted by molar-refractivity contribution is -0.117. The average molecular weight is 453 g/mol. The Hall–Kier alpha value is -3.39. The van der Waals surface area contributed by atoms with E-state index in [4.69, 9.17) is 4.74 Å². The molecule has 1 saturated heterocycles. The van der Waals surface area contributed by atoms with E-state index < -0.39 is 0 Å². The summed E-state index contributed by atoms with van der Waals surface area (Å²) >= 11 is 0. The molecule has 2 aromatic carbocycles. The topological polar surface area (TPSA) is 91.0 Å². The van der Waals surface area contributed by atoms with E-state index in [2.05, 4.69) is 10.6 Å². The normalized spacial score (nSPS) is 14.5. The number of hydrogen-bond donors (Lipinski definition) is 2. The van der Waals surface area contributed by atoms with Gasteiger partial charge < -0.3 is 20.3 Å². The highest BCUT2D eigenvalue weighted by Gasteiger charge is 2.22. The second-order valence-corrected chi connectivity index (χ2v) is 8.50. The van der Waals surface area contributed by atoms with Gasteiger partial charge in [0.05, 0.1) is 24.4 Å². The minimum absolute atomic E-state index is 0.184. The maximum atomic E-state index is 12.7. The van der Waals surface area contributed by atoms with Crippen LogP contribution in [0.15, 0.2) is 54.6 Å². The summed E-state index contributed by atoms with van der Waals surface area (Å²) in [5.41, 5.74) is 1.54. The molecule has 2 aromatic rings. The van der Waals surface area contributed by atoms with Gasteiger partial charge in [0.25, 0.3) is 5.91 Å². The molecule has 0 radical (unpaired) electrons. The van der Waals surface area contributed by atoms with Crippen LogP contribution in [0.3, 0.4) is 0 Å². The number of carbonyl (C=O) groups excluding carboxylic acids is 3. The Kier molecular flexibility index (Phi) is 8.83. The summed E-state index contributed by atoms with van der Waals surface area (Å²) in [6.45, 7) is 7.00. The van der Waals surface area contributed by atoms with E-state index in [-0.39, 0.29) is 24.5 Å². The van der Waals surface area contributed by atoms with Crippen molar-refractivity contribution in [2.75, 3.05) is 50.0 Å². The van der Waals surface area contributed by atoms with Crippen LogP contribution in [0.4, 0.5) is 16.2 Å². The summed E-state index contributed by atoms with van der Waals surface area (Å²) in [4.78, 5) is 41.4. The number of benzene rings is 2. The van der Waals surface area contributed by atoms with Gasteiger partial charge in [0, 0.05) is 31.9 Å². The highest BCUT2D eigenvalue weighted by Crippen LogP contribution is 2.18. The van der Waals surface area contributed by atoms with Gasteiger partial charge in [-0.25, -0.2) is 4.79 Å². The minimum atomic E-state index is -0.298. The molecule has 0 bridgehead atoms. The Labute approximate surface area is 194 Å². The Morgan fingerprint density at radius 1 is 0.909 bits per heavy atom. The zero-order valence-corrected chi connectivity index (χ0v) is 19.3. The van der Waals surface area contributed by atoms with E-state index in [9.17, 15) is 14.4 Å². The smallest absolute Gasteiger partial charge is 0.409 e. The second kappa shape index (κ2) is 12.0. The predicted molar refractivity (Wildman–Crippen MR) is 128 cm³/mol. The molecule has 8 heteroatoms. The van der Waals surface area contributed by atoms with E-state index in [1.807, 2.05) is 36.9 Å². The molecule has 1 heterocycles. The summed E-state index contributed by atoms with van der Waals surface area (Å²) in [6.07, 6.45) is 0.466. The fourth-order valence-corrected chi connectivity index (χ4v) is 3.54. The quantitative estimate of drug-likeness (QED) is 0.669. The fourth-order valence-electron chi connectivity index (χ4n) is 3.54. The van der Waals surface area contributed by atoms with Crippen molar-refractivity contribution in [1.29, 1.82) is 0 Å². The molecule has 1 aliphatic heterocycles. The van der Waals surface area contributed by atoms with Gasteiger partial charge in [0.15, 0.2) is 0 Å².